The van der Waals surface area contributed by atoms with Crippen molar-refractivity contribution in [3.05, 3.63) is 0 Å². The first-order chi connectivity index (χ1) is 9.66. The van der Waals surface area contributed by atoms with Crippen LogP contribution in [0.3, 0.4) is 0 Å². The van der Waals surface area contributed by atoms with Gasteiger partial charge in [0.25, 0.3) is 0 Å². The highest BCUT2D eigenvalue weighted by Crippen LogP contribution is 2.24. The molecule has 5 heteroatoms. The number of rotatable bonds is 14. The van der Waals surface area contributed by atoms with Crippen LogP contribution in [0.2, 0.25) is 0 Å². The van der Waals surface area contributed by atoms with Gasteiger partial charge < -0.3 is 13.3 Å². The Bertz CT molecular complexity index is 200. The maximum absolute atomic E-state index is 5.89. The van der Waals surface area contributed by atoms with Gasteiger partial charge in [-0.05, 0) is 27.2 Å². The lowest BCUT2D eigenvalue weighted by atomic mass is 10.1. The molecule has 0 aliphatic carbocycles. The van der Waals surface area contributed by atoms with E-state index in [-0.39, 0.29) is 4.87 Å². The van der Waals surface area contributed by atoms with Crippen LogP contribution < -0.4 is 0 Å². The van der Waals surface area contributed by atoms with Gasteiger partial charge >= 0.3 is 8.80 Å². The zero-order valence-corrected chi connectivity index (χ0v) is 15.7. The van der Waals surface area contributed by atoms with Gasteiger partial charge in [0.15, 0.2) is 0 Å². The molecule has 0 aliphatic heterocycles. The minimum absolute atomic E-state index is 0.0912. The second kappa shape index (κ2) is 13.1. The number of hydrogen-bond donors (Lipinski definition) is 1. The van der Waals surface area contributed by atoms with E-state index in [4.69, 9.17) is 25.9 Å². The molecule has 122 valence electrons. The lowest BCUT2D eigenvalue weighted by Crippen LogP contribution is -2.54. The molecule has 0 bridgehead atoms. The zero-order chi connectivity index (χ0) is 15.3. The molecule has 0 spiro atoms. The molecule has 0 radical (unpaired) electrons. The summed E-state index contributed by atoms with van der Waals surface area (Å²) in [5, 5.41) is 0. The van der Waals surface area contributed by atoms with Gasteiger partial charge in [-0.3, -0.25) is 0 Å². The summed E-state index contributed by atoms with van der Waals surface area (Å²) in [5.74, 6) is 0. The topological polar surface area (TPSA) is 27.7 Å². The largest absolute Gasteiger partial charge is 0.514 e. The van der Waals surface area contributed by atoms with E-state index in [1.165, 1.54) is 38.5 Å². The van der Waals surface area contributed by atoms with Crippen molar-refractivity contribution in [2.75, 3.05) is 19.8 Å². The predicted molar refractivity (Wildman–Crippen MR) is 91.4 cm³/mol. The molecule has 20 heavy (non-hydrogen) atoms. The fourth-order valence-corrected chi connectivity index (χ4v) is 5.76. The summed E-state index contributed by atoms with van der Waals surface area (Å²) in [4.78, 5) is 0.0912. The summed E-state index contributed by atoms with van der Waals surface area (Å²) in [6.07, 6.45) is 8.77. The van der Waals surface area contributed by atoms with Gasteiger partial charge in [-0.1, -0.05) is 45.4 Å². The highest BCUT2D eigenvalue weighted by molar-refractivity contribution is 7.83. The van der Waals surface area contributed by atoms with Crippen LogP contribution in [0.4, 0.5) is 0 Å². The summed E-state index contributed by atoms with van der Waals surface area (Å²) >= 11 is 4.74. The third-order valence-corrected chi connectivity index (χ3v) is 7.66. The van der Waals surface area contributed by atoms with Gasteiger partial charge in [0.05, 0.1) is 4.87 Å². The van der Waals surface area contributed by atoms with Gasteiger partial charge in [-0.15, -0.1) is 0 Å². The molecule has 3 nitrogen and oxygen atoms in total. The van der Waals surface area contributed by atoms with Gasteiger partial charge in [-0.25, -0.2) is 0 Å². The molecule has 0 rings (SSSR count). The summed E-state index contributed by atoms with van der Waals surface area (Å²) in [5.41, 5.74) is 0. The highest BCUT2D eigenvalue weighted by atomic mass is 32.1. The van der Waals surface area contributed by atoms with Crippen LogP contribution in [-0.4, -0.2) is 33.5 Å². The molecule has 1 atom stereocenters. The van der Waals surface area contributed by atoms with Crippen LogP contribution in [0.5, 0.6) is 0 Å². The van der Waals surface area contributed by atoms with Crippen LogP contribution in [0, 0.1) is 0 Å². The molecule has 0 heterocycles. The molecular formula is C15H34O3SSi. The van der Waals surface area contributed by atoms with E-state index < -0.39 is 8.80 Å². The third-order valence-electron chi connectivity index (χ3n) is 3.28. The molecule has 0 saturated carbocycles. The standard InChI is InChI=1S/C15H34O3SSi/c1-5-9-10-11-12-13-14-15(19)20(16-6-2,17-7-3)18-8-4/h15,19H,5-14H2,1-4H3. The smallest absolute Gasteiger partial charge is 0.373 e. The van der Waals surface area contributed by atoms with Gasteiger partial charge in [0.2, 0.25) is 0 Å². The quantitative estimate of drug-likeness (QED) is 0.287. The second-order valence-electron chi connectivity index (χ2n) is 4.97. The molecule has 0 fully saturated rings. The zero-order valence-electron chi connectivity index (χ0n) is 13.8. The van der Waals surface area contributed by atoms with Gasteiger partial charge in [0.1, 0.15) is 0 Å². The van der Waals surface area contributed by atoms with Crippen LogP contribution in [0.1, 0.15) is 72.6 Å². The van der Waals surface area contributed by atoms with E-state index >= 15 is 0 Å². The maximum Gasteiger partial charge on any atom is 0.514 e. The van der Waals surface area contributed by atoms with E-state index in [1.807, 2.05) is 20.8 Å². The van der Waals surface area contributed by atoms with E-state index in [1.54, 1.807) is 0 Å². The molecule has 0 aromatic rings. The minimum atomic E-state index is -2.61. The highest BCUT2D eigenvalue weighted by Gasteiger charge is 2.47. The molecule has 1 unspecified atom stereocenters. The molecule has 0 aliphatic rings. The summed E-state index contributed by atoms with van der Waals surface area (Å²) < 4.78 is 17.7. The average Bonchev–Trinajstić information content (AvgIpc) is 2.43. The predicted octanol–water partition coefficient (Wildman–Crippen LogP) is 4.62. The Labute approximate surface area is 132 Å². The first kappa shape index (κ1) is 20.4. The van der Waals surface area contributed by atoms with Crippen molar-refractivity contribution in [1.82, 2.24) is 0 Å². The number of hydrogen-bond acceptors (Lipinski definition) is 4. The normalized spacial score (nSPS) is 13.7. The van der Waals surface area contributed by atoms with Crippen LogP contribution in [-0.2, 0) is 13.3 Å². The first-order valence-corrected chi connectivity index (χ1v) is 10.6. The monoisotopic (exact) mass is 322 g/mol. The molecular weight excluding hydrogens is 288 g/mol. The Hall–Kier alpha value is 0.447. The first-order valence-electron chi connectivity index (χ1n) is 8.26. The van der Waals surface area contributed by atoms with Crippen molar-refractivity contribution >= 4 is 21.4 Å². The Morgan fingerprint density at radius 1 is 0.750 bits per heavy atom. The molecule has 0 aromatic heterocycles. The fourth-order valence-electron chi connectivity index (χ4n) is 2.31. The summed E-state index contributed by atoms with van der Waals surface area (Å²) in [6, 6.07) is 0. The van der Waals surface area contributed by atoms with Gasteiger partial charge in [-0.2, -0.15) is 12.6 Å². The molecule has 0 N–H and O–H groups in total. The second-order valence-corrected chi connectivity index (χ2v) is 8.85. The van der Waals surface area contributed by atoms with Crippen molar-refractivity contribution in [2.24, 2.45) is 0 Å². The Morgan fingerprint density at radius 2 is 1.20 bits per heavy atom. The van der Waals surface area contributed by atoms with E-state index in [9.17, 15) is 0 Å². The van der Waals surface area contributed by atoms with Crippen LogP contribution in [0.15, 0.2) is 0 Å². The van der Waals surface area contributed by atoms with Crippen LogP contribution >= 0.6 is 12.6 Å². The Balaban J connectivity index is 4.20. The molecule has 0 aromatic carbocycles. The van der Waals surface area contributed by atoms with Gasteiger partial charge in [0, 0.05) is 19.8 Å². The molecule has 0 amide bonds. The van der Waals surface area contributed by atoms with Crippen molar-refractivity contribution in [3.8, 4) is 0 Å². The maximum atomic E-state index is 5.89. The van der Waals surface area contributed by atoms with E-state index in [2.05, 4.69) is 6.92 Å². The third kappa shape index (κ3) is 8.03. The molecule has 0 saturated heterocycles. The summed E-state index contributed by atoms with van der Waals surface area (Å²) in [7, 11) is -2.61. The Kier molecular flexibility index (Phi) is 13.4. The minimum Gasteiger partial charge on any atom is -0.373 e. The Morgan fingerprint density at radius 3 is 1.65 bits per heavy atom. The summed E-state index contributed by atoms with van der Waals surface area (Å²) in [6.45, 7) is 10.1. The number of thiol groups is 1. The van der Waals surface area contributed by atoms with Crippen LogP contribution in [0.25, 0.3) is 0 Å². The van der Waals surface area contributed by atoms with Crippen molar-refractivity contribution in [1.29, 1.82) is 0 Å². The lowest BCUT2D eigenvalue weighted by Gasteiger charge is -2.32. The van der Waals surface area contributed by atoms with E-state index in [0.29, 0.717) is 19.8 Å². The average molecular weight is 323 g/mol. The lowest BCUT2D eigenvalue weighted by molar-refractivity contribution is 0.0688. The van der Waals surface area contributed by atoms with E-state index in [0.717, 1.165) is 6.42 Å². The fraction of sp³-hybridized carbons (Fsp3) is 1.00. The van der Waals surface area contributed by atoms with Crippen molar-refractivity contribution < 1.29 is 13.3 Å². The van der Waals surface area contributed by atoms with Crippen molar-refractivity contribution in [2.45, 2.75) is 77.5 Å². The SMILES string of the molecule is CCCCCCCCC(S)[Si](OCC)(OCC)OCC. The number of unbranched alkanes of at least 4 members (excludes halogenated alkanes) is 5. The van der Waals surface area contributed by atoms with Crippen molar-refractivity contribution in [3.63, 3.8) is 0 Å².